The molecule has 1 heterocycles. The van der Waals surface area contributed by atoms with Crippen LogP contribution in [0.5, 0.6) is 5.75 Å². The predicted molar refractivity (Wildman–Crippen MR) is 75.6 cm³/mol. The zero-order chi connectivity index (χ0) is 12.7. The molecule has 0 atom stereocenters. The summed E-state index contributed by atoms with van der Waals surface area (Å²) in [7, 11) is 0. The molecular formula is C14H11BrN2O. The van der Waals surface area contributed by atoms with E-state index in [4.69, 9.17) is 0 Å². The quantitative estimate of drug-likeness (QED) is 0.713. The number of aromatic amines is 1. The van der Waals surface area contributed by atoms with E-state index in [9.17, 15) is 5.11 Å². The summed E-state index contributed by atoms with van der Waals surface area (Å²) in [6.07, 6.45) is 0. The Balaban J connectivity index is 2.16. The molecule has 3 nitrogen and oxygen atoms in total. The van der Waals surface area contributed by atoms with E-state index >= 15 is 0 Å². The highest BCUT2D eigenvalue weighted by Gasteiger charge is 2.07. The van der Waals surface area contributed by atoms with Gasteiger partial charge in [-0.25, -0.2) is 4.98 Å². The van der Waals surface area contributed by atoms with Crippen LogP contribution >= 0.6 is 15.9 Å². The van der Waals surface area contributed by atoms with Crippen LogP contribution in [0.3, 0.4) is 0 Å². The number of fused-ring (bicyclic) bond motifs is 1. The number of aromatic hydroxyl groups is 1. The summed E-state index contributed by atoms with van der Waals surface area (Å²) in [5.74, 6) is 1.03. The fraction of sp³-hybridized carbons (Fsp3) is 0.0714. The Hall–Kier alpha value is -1.81. The van der Waals surface area contributed by atoms with Crippen LogP contribution in [-0.2, 0) is 0 Å². The molecule has 90 valence electrons. The molecule has 0 unspecified atom stereocenters. The second-order valence-electron chi connectivity index (χ2n) is 4.27. The van der Waals surface area contributed by atoms with E-state index < -0.39 is 0 Å². The Labute approximate surface area is 113 Å². The number of aryl methyl sites for hydroxylation is 1. The molecule has 0 aliphatic rings. The van der Waals surface area contributed by atoms with Crippen LogP contribution in [-0.4, -0.2) is 15.1 Å². The predicted octanol–water partition coefficient (Wildman–Crippen LogP) is 4.01. The van der Waals surface area contributed by atoms with Gasteiger partial charge in [0.2, 0.25) is 0 Å². The summed E-state index contributed by atoms with van der Waals surface area (Å²) in [6, 6.07) is 11.4. The van der Waals surface area contributed by atoms with E-state index in [-0.39, 0.29) is 5.75 Å². The van der Waals surface area contributed by atoms with Crippen molar-refractivity contribution in [3.8, 4) is 17.1 Å². The minimum Gasteiger partial charge on any atom is -0.507 e. The van der Waals surface area contributed by atoms with Crippen molar-refractivity contribution in [2.24, 2.45) is 0 Å². The zero-order valence-corrected chi connectivity index (χ0v) is 11.3. The van der Waals surface area contributed by atoms with E-state index in [1.165, 1.54) is 5.56 Å². The zero-order valence-electron chi connectivity index (χ0n) is 9.74. The number of hydrogen-bond acceptors (Lipinski definition) is 2. The van der Waals surface area contributed by atoms with Gasteiger partial charge < -0.3 is 10.1 Å². The largest absolute Gasteiger partial charge is 0.507 e. The summed E-state index contributed by atoms with van der Waals surface area (Å²) >= 11 is 3.31. The molecule has 0 saturated carbocycles. The topological polar surface area (TPSA) is 48.9 Å². The van der Waals surface area contributed by atoms with Crippen molar-refractivity contribution in [2.75, 3.05) is 0 Å². The van der Waals surface area contributed by atoms with Crippen molar-refractivity contribution in [1.29, 1.82) is 0 Å². The average Bonchev–Trinajstić information content (AvgIpc) is 2.75. The molecule has 0 aliphatic heterocycles. The van der Waals surface area contributed by atoms with Gasteiger partial charge in [0.05, 0.1) is 15.5 Å². The van der Waals surface area contributed by atoms with Gasteiger partial charge in [-0.15, -0.1) is 0 Å². The number of nitrogens with one attached hydrogen (secondary N) is 1. The fourth-order valence-corrected chi connectivity index (χ4v) is 2.29. The molecule has 2 N–H and O–H groups in total. The number of halogens is 1. The summed E-state index contributed by atoms with van der Waals surface area (Å²) in [6.45, 7) is 2.05. The van der Waals surface area contributed by atoms with Crippen molar-refractivity contribution in [2.45, 2.75) is 6.92 Å². The maximum atomic E-state index is 9.49. The lowest BCUT2D eigenvalue weighted by molar-refractivity contribution is 0.472. The monoisotopic (exact) mass is 302 g/mol. The molecule has 1 aromatic heterocycles. The third-order valence-electron chi connectivity index (χ3n) is 2.86. The van der Waals surface area contributed by atoms with Gasteiger partial charge in [-0.3, -0.25) is 0 Å². The van der Waals surface area contributed by atoms with Gasteiger partial charge in [-0.2, -0.15) is 0 Å². The van der Waals surface area contributed by atoms with Gasteiger partial charge in [-0.1, -0.05) is 6.07 Å². The van der Waals surface area contributed by atoms with Gasteiger partial charge in [0.1, 0.15) is 11.6 Å². The van der Waals surface area contributed by atoms with E-state index in [0.717, 1.165) is 22.4 Å². The van der Waals surface area contributed by atoms with Crippen molar-refractivity contribution in [3.63, 3.8) is 0 Å². The Kier molecular flexibility index (Phi) is 2.59. The third kappa shape index (κ3) is 1.88. The number of phenols is 1. The third-order valence-corrected chi connectivity index (χ3v) is 3.49. The molecular weight excluding hydrogens is 292 g/mol. The second-order valence-corrected chi connectivity index (χ2v) is 5.13. The van der Waals surface area contributed by atoms with Crippen LogP contribution in [0.1, 0.15) is 5.56 Å². The first kappa shape index (κ1) is 11.3. The highest BCUT2D eigenvalue weighted by molar-refractivity contribution is 9.10. The number of benzene rings is 2. The van der Waals surface area contributed by atoms with Gasteiger partial charge in [0, 0.05) is 5.56 Å². The summed E-state index contributed by atoms with van der Waals surface area (Å²) in [5, 5.41) is 9.49. The SMILES string of the molecule is Cc1ccc2nc(-c3ccc(O)c(Br)c3)[nH]c2c1. The van der Waals surface area contributed by atoms with Crippen LogP contribution in [0.2, 0.25) is 0 Å². The Morgan fingerprint density at radius 3 is 2.78 bits per heavy atom. The molecule has 0 aliphatic carbocycles. The number of nitrogens with zero attached hydrogens (tertiary/aromatic N) is 1. The molecule has 3 rings (SSSR count). The van der Waals surface area contributed by atoms with Crippen LogP contribution in [0.4, 0.5) is 0 Å². The molecule has 0 spiro atoms. The number of hydrogen-bond donors (Lipinski definition) is 2. The molecule has 0 bridgehead atoms. The number of rotatable bonds is 1. The van der Waals surface area contributed by atoms with Crippen LogP contribution in [0.25, 0.3) is 22.4 Å². The first-order chi connectivity index (χ1) is 8.63. The molecule has 0 saturated heterocycles. The van der Waals surface area contributed by atoms with Crippen LogP contribution < -0.4 is 0 Å². The van der Waals surface area contributed by atoms with Gasteiger partial charge >= 0.3 is 0 Å². The number of aromatic nitrogens is 2. The standard InChI is InChI=1S/C14H11BrN2O/c1-8-2-4-11-12(6-8)17-14(16-11)9-3-5-13(18)10(15)7-9/h2-7,18H,1H3,(H,16,17). The summed E-state index contributed by atoms with van der Waals surface area (Å²) < 4.78 is 0.664. The Bertz CT molecular complexity index is 734. The second kappa shape index (κ2) is 4.14. The number of imidazole rings is 1. The van der Waals surface area contributed by atoms with E-state index in [1.54, 1.807) is 6.07 Å². The van der Waals surface area contributed by atoms with E-state index in [0.29, 0.717) is 4.47 Å². The minimum atomic E-state index is 0.228. The van der Waals surface area contributed by atoms with Crippen molar-refractivity contribution < 1.29 is 5.11 Å². The van der Waals surface area contributed by atoms with Gasteiger partial charge in [-0.05, 0) is 58.7 Å². The normalized spacial score (nSPS) is 11.0. The first-order valence-corrected chi connectivity index (χ1v) is 6.38. The molecule has 4 heteroatoms. The lowest BCUT2D eigenvalue weighted by atomic mass is 10.2. The Morgan fingerprint density at radius 1 is 1.17 bits per heavy atom. The van der Waals surface area contributed by atoms with E-state index in [2.05, 4.69) is 38.9 Å². The maximum absolute atomic E-state index is 9.49. The minimum absolute atomic E-state index is 0.228. The summed E-state index contributed by atoms with van der Waals surface area (Å²) in [5.41, 5.74) is 4.10. The van der Waals surface area contributed by atoms with Crippen LogP contribution in [0.15, 0.2) is 40.9 Å². The highest BCUT2D eigenvalue weighted by Crippen LogP contribution is 2.29. The number of phenolic OH excluding ortho intramolecular Hbond substituents is 1. The van der Waals surface area contributed by atoms with Crippen molar-refractivity contribution >= 4 is 27.0 Å². The smallest absolute Gasteiger partial charge is 0.138 e. The fourth-order valence-electron chi connectivity index (χ4n) is 1.91. The molecule has 2 aromatic carbocycles. The molecule has 0 radical (unpaired) electrons. The Morgan fingerprint density at radius 2 is 2.00 bits per heavy atom. The van der Waals surface area contributed by atoms with E-state index in [1.807, 2.05) is 24.3 Å². The average molecular weight is 303 g/mol. The molecule has 3 aromatic rings. The molecule has 0 amide bonds. The lowest BCUT2D eigenvalue weighted by Crippen LogP contribution is -1.80. The maximum Gasteiger partial charge on any atom is 0.138 e. The van der Waals surface area contributed by atoms with Gasteiger partial charge in [0.15, 0.2) is 0 Å². The lowest BCUT2D eigenvalue weighted by Gasteiger charge is -1.99. The highest BCUT2D eigenvalue weighted by atomic mass is 79.9. The summed E-state index contributed by atoms with van der Waals surface area (Å²) in [4.78, 5) is 7.82. The molecule has 18 heavy (non-hydrogen) atoms. The van der Waals surface area contributed by atoms with Crippen molar-refractivity contribution in [1.82, 2.24) is 9.97 Å². The van der Waals surface area contributed by atoms with Crippen molar-refractivity contribution in [3.05, 3.63) is 46.4 Å². The van der Waals surface area contributed by atoms with Crippen LogP contribution in [0, 0.1) is 6.92 Å². The van der Waals surface area contributed by atoms with Gasteiger partial charge in [0.25, 0.3) is 0 Å². The first-order valence-electron chi connectivity index (χ1n) is 5.59. The number of H-pyrrole nitrogens is 1. The molecule has 0 fully saturated rings.